The molecule has 0 fully saturated rings. The molecule has 1 amide bonds. The van der Waals surface area contributed by atoms with Crippen LogP contribution in [0.3, 0.4) is 0 Å². The van der Waals surface area contributed by atoms with Gasteiger partial charge in [0.2, 0.25) is 0 Å². The average molecular weight is 251 g/mol. The number of rotatable bonds is 4. The summed E-state index contributed by atoms with van der Waals surface area (Å²) >= 11 is 1.26. The first-order valence-corrected chi connectivity index (χ1v) is 6.73. The number of hydrogen-bond acceptors (Lipinski definition) is 4. The molecule has 1 aliphatic heterocycles. The molecule has 0 radical (unpaired) electrons. The summed E-state index contributed by atoms with van der Waals surface area (Å²) < 4.78 is 0. The maximum atomic E-state index is 12.2. The number of thiazole rings is 1. The van der Waals surface area contributed by atoms with E-state index in [2.05, 4.69) is 24.1 Å². The lowest BCUT2D eigenvalue weighted by molar-refractivity contribution is 0.0748. The Morgan fingerprint density at radius 2 is 2.53 bits per heavy atom. The van der Waals surface area contributed by atoms with Crippen molar-refractivity contribution in [2.45, 2.75) is 32.2 Å². The third kappa shape index (κ3) is 2.66. The van der Waals surface area contributed by atoms with Gasteiger partial charge < -0.3 is 10.6 Å². The first-order chi connectivity index (χ1) is 8.22. The summed E-state index contributed by atoms with van der Waals surface area (Å²) in [6.45, 7) is 2.86. The smallest absolute Gasteiger partial charge is 0.266 e. The average Bonchev–Trinajstić information content (AvgIpc) is 2.94. The molecule has 1 aromatic heterocycles. The molecule has 0 aliphatic carbocycles. The van der Waals surface area contributed by atoms with Gasteiger partial charge in [0.1, 0.15) is 4.88 Å². The van der Waals surface area contributed by atoms with E-state index < -0.39 is 0 Å². The minimum absolute atomic E-state index is 0.0466. The molecule has 0 spiro atoms. The molecule has 2 N–H and O–H groups in total. The van der Waals surface area contributed by atoms with Gasteiger partial charge in [0.15, 0.2) is 5.13 Å². The molecule has 5 heteroatoms. The molecule has 1 aliphatic rings. The zero-order valence-electron chi connectivity index (χ0n) is 9.93. The molecule has 1 unspecified atom stereocenters. The highest BCUT2D eigenvalue weighted by Gasteiger charge is 2.26. The molecule has 17 heavy (non-hydrogen) atoms. The first-order valence-electron chi connectivity index (χ1n) is 5.91. The highest BCUT2D eigenvalue weighted by Crippen LogP contribution is 2.22. The lowest BCUT2D eigenvalue weighted by Crippen LogP contribution is -2.35. The fourth-order valence-electron chi connectivity index (χ4n) is 2.00. The van der Waals surface area contributed by atoms with Crippen LogP contribution in [0, 0.1) is 0 Å². The van der Waals surface area contributed by atoms with Crippen LogP contribution >= 0.6 is 11.3 Å². The van der Waals surface area contributed by atoms with Crippen molar-refractivity contribution < 1.29 is 4.79 Å². The van der Waals surface area contributed by atoms with E-state index in [1.165, 1.54) is 11.3 Å². The minimum atomic E-state index is 0.0466. The Labute approximate surface area is 105 Å². The first kappa shape index (κ1) is 12.1. The fourth-order valence-corrected chi connectivity index (χ4v) is 2.64. The van der Waals surface area contributed by atoms with E-state index in [9.17, 15) is 4.79 Å². The molecular formula is C12H17N3OS. The van der Waals surface area contributed by atoms with Gasteiger partial charge in [-0.2, -0.15) is 0 Å². The van der Waals surface area contributed by atoms with Crippen molar-refractivity contribution in [3.63, 3.8) is 0 Å². The highest BCUT2D eigenvalue weighted by atomic mass is 32.1. The van der Waals surface area contributed by atoms with Gasteiger partial charge in [-0.3, -0.25) is 4.79 Å². The van der Waals surface area contributed by atoms with Crippen LogP contribution in [0.2, 0.25) is 0 Å². The molecule has 0 aromatic carbocycles. The number of aromatic nitrogens is 1. The van der Waals surface area contributed by atoms with Gasteiger partial charge in [0.25, 0.3) is 5.91 Å². The summed E-state index contributed by atoms with van der Waals surface area (Å²) in [5, 5.41) is 0.450. The van der Waals surface area contributed by atoms with Crippen LogP contribution in [0.25, 0.3) is 0 Å². The third-order valence-corrected chi connectivity index (χ3v) is 3.72. The number of nitrogens with zero attached hydrogens (tertiary/aromatic N) is 2. The number of carbonyl (C=O) groups excluding carboxylic acids is 1. The van der Waals surface area contributed by atoms with Crippen LogP contribution in [0.5, 0.6) is 0 Å². The van der Waals surface area contributed by atoms with Crippen LogP contribution in [0.15, 0.2) is 18.3 Å². The van der Waals surface area contributed by atoms with E-state index in [1.54, 1.807) is 6.20 Å². The Morgan fingerprint density at radius 3 is 3.18 bits per heavy atom. The van der Waals surface area contributed by atoms with Gasteiger partial charge in [-0.25, -0.2) is 4.98 Å². The zero-order chi connectivity index (χ0) is 12.3. The second-order valence-corrected chi connectivity index (χ2v) is 5.22. The topological polar surface area (TPSA) is 59.2 Å². The molecule has 2 rings (SSSR count). The Morgan fingerprint density at radius 1 is 1.71 bits per heavy atom. The van der Waals surface area contributed by atoms with Gasteiger partial charge in [-0.1, -0.05) is 43.3 Å². The summed E-state index contributed by atoms with van der Waals surface area (Å²) in [6.07, 6.45) is 9.08. The summed E-state index contributed by atoms with van der Waals surface area (Å²) in [5.41, 5.74) is 5.55. The maximum Gasteiger partial charge on any atom is 0.266 e. The quantitative estimate of drug-likeness (QED) is 0.835. The summed E-state index contributed by atoms with van der Waals surface area (Å²) in [7, 11) is 0. The summed E-state index contributed by atoms with van der Waals surface area (Å²) in [4.78, 5) is 18.7. The van der Waals surface area contributed by atoms with Crippen LogP contribution in [0.1, 0.15) is 35.9 Å². The minimum Gasteiger partial charge on any atom is -0.375 e. The summed E-state index contributed by atoms with van der Waals surface area (Å²) in [5.74, 6) is 0.0466. The normalized spacial score (nSPS) is 18.9. The van der Waals surface area contributed by atoms with Gasteiger partial charge >= 0.3 is 0 Å². The maximum absolute atomic E-state index is 12.2. The fraction of sp³-hybridized carbons (Fsp3) is 0.500. The standard InChI is InChI=1S/C12H17N3OS/c1-2-3-5-9-6-4-7-15(9)11(16)10-8-14-12(13)17-10/h4,6,8-9H,2-3,5,7H2,1H3,(H2,13,14). The van der Waals surface area contributed by atoms with Crippen LogP contribution in [-0.4, -0.2) is 28.4 Å². The second kappa shape index (κ2) is 5.31. The van der Waals surface area contributed by atoms with E-state index in [1.807, 2.05) is 4.90 Å². The van der Waals surface area contributed by atoms with Crippen molar-refractivity contribution >= 4 is 22.4 Å². The van der Waals surface area contributed by atoms with E-state index in [-0.39, 0.29) is 11.9 Å². The summed E-state index contributed by atoms with van der Waals surface area (Å²) in [6, 6.07) is 0.241. The van der Waals surface area contributed by atoms with Gasteiger partial charge in [-0.15, -0.1) is 0 Å². The molecule has 92 valence electrons. The number of carbonyl (C=O) groups is 1. The molecule has 1 aromatic rings. The number of hydrogen-bond donors (Lipinski definition) is 1. The monoisotopic (exact) mass is 251 g/mol. The van der Waals surface area contributed by atoms with Crippen LogP contribution in [0.4, 0.5) is 5.13 Å². The number of nitrogens with two attached hydrogens (primary N) is 1. The molecule has 2 heterocycles. The zero-order valence-corrected chi connectivity index (χ0v) is 10.7. The highest BCUT2D eigenvalue weighted by molar-refractivity contribution is 7.17. The predicted molar refractivity (Wildman–Crippen MR) is 70.0 cm³/mol. The number of nitrogen functional groups attached to an aromatic ring is 1. The molecule has 0 bridgehead atoms. The molecular weight excluding hydrogens is 234 g/mol. The largest absolute Gasteiger partial charge is 0.375 e. The van der Waals surface area contributed by atoms with Crippen molar-refractivity contribution in [1.82, 2.24) is 9.88 Å². The van der Waals surface area contributed by atoms with Crippen molar-refractivity contribution in [2.75, 3.05) is 12.3 Å². The van der Waals surface area contributed by atoms with Crippen molar-refractivity contribution in [3.8, 4) is 0 Å². The van der Waals surface area contributed by atoms with E-state index >= 15 is 0 Å². The lowest BCUT2D eigenvalue weighted by Gasteiger charge is -2.23. The molecule has 4 nitrogen and oxygen atoms in total. The van der Waals surface area contributed by atoms with Crippen LogP contribution < -0.4 is 5.73 Å². The molecule has 0 saturated heterocycles. The van der Waals surface area contributed by atoms with Crippen molar-refractivity contribution in [2.24, 2.45) is 0 Å². The van der Waals surface area contributed by atoms with Crippen LogP contribution in [-0.2, 0) is 0 Å². The number of amides is 1. The van der Waals surface area contributed by atoms with Crippen molar-refractivity contribution in [3.05, 3.63) is 23.2 Å². The van der Waals surface area contributed by atoms with Crippen molar-refractivity contribution in [1.29, 1.82) is 0 Å². The predicted octanol–water partition coefficient (Wildman–Crippen LogP) is 2.30. The van der Waals surface area contributed by atoms with Gasteiger partial charge in [0.05, 0.1) is 12.2 Å². The van der Waals surface area contributed by atoms with E-state index in [4.69, 9.17) is 5.73 Å². The van der Waals surface area contributed by atoms with Gasteiger partial charge in [0, 0.05) is 6.54 Å². The molecule has 1 atom stereocenters. The second-order valence-electron chi connectivity index (χ2n) is 4.16. The Bertz CT molecular complexity index is 427. The third-order valence-electron chi connectivity index (χ3n) is 2.91. The van der Waals surface area contributed by atoms with Gasteiger partial charge in [-0.05, 0) is 6.42 Å². The molecule has 0 saturated carbocycles. The Balaban J connectivity index is 2.04. The number of anilines is 1. The van der Waals surface area contributed by atoms with E-state index in [0.29, 0.717) is 16.6 Å². The van der Waals surface area contributed by atoms with E-state index in [0.717, 1.165) is 19.3 Å². The Hall–Kier alpha value is -1.36. The Kier molecular flexibility index (Phi) is 3.78. The number of unbranched alkanes of at least 4 members (excludes halogenated alkanes) is 1. The SMILES string of the molecule is CCCCC1C=CCN1C(=O)c1cnc(N)s1. The lowest BCUT2D eigenvalue weighted by atomic mass is 10.1.